The van der Waals surface area contributed by atoms with Crippen LogP contribution in [0.1, 0.15) is 139 Å². The summed E-state index contributed by atoms with van der Waals surface area (Å²) < 4.78 is 40.6. The van der Waals surface area contributed by atoms with Crippen LogP contribution in [-0.4, -0.2) is 150 Å². The maximum atomic E-state index is 11.8. The fraction of sp³-hybridized carbons (Fsp3) is 0.275. The topological polar surface area (TPSA) is 484 Å². The average molecular weight is 2020 g/mol. The number of nitrogens with zero attached hydrogens (tertiary/aromatic N) is 15. The first-order valence-corrected chi connectivity index (χ1v) is 52.0. The number of piperazine rings is 1. The van der Waals surface area contributed by atoms with Crippen molar-refractivity contribution in [2.45, 2.75) is 113 Å². The zero-order chi connectivity index (χ0) is 101. The van der Waals surface area contributed by atoms with Crippen LogP contribution in [0.5, 0.6) is 5.75 Å². The number of amides is 4. The Balaban J connectivity index is 0.000000122. The predicted molar refractivity (Wildman–Crippen MR) is 579 cm³/mol. The van der Waals surface area contributed by atoms with E-state index in [1.807, 2.05) is 129 Å². The molecule has 1 saturated heterocycles. The number of aromatic nitrogens is 15. The second-order valence-corrected chi connectivity index (χ2v) is 43.8. The highest BCUT2D eigenvalue weighted by Crippen LogP contribution is 2.43. The molecule has 0 bridgehead atoms. The first-order valence-electron chi connectivity index (χ1n) is 46.3. The largest absolute Gasteiger partial charge is 0.489 e. The van der Waals surface area contributed by atoms with Crippen LogP contribution in [0.25, 0.3) is 106 Å². The molecule has 4 amide bonds. The molecule has 10 aromatic heterocycles. The van der Waals surface area contributed by atoms with Gasteiger partial charge in [0.2, 0.25) is 39.6 Å². The first kappa shape index (κ1) is 98.9. The summed E-state index contributed by atoms with van der Waals surface area (Å²) in [7, 11) is 4.23. The summed E-state index contributed by atoms with van der Waals surface area (Å²) in [5.41, 5.74) is 45.0. The third-order valence-electron chi connectivity index (χ3n) is 23.9. The molecular formula is C102H111N27O7S6. The third-order valence-corrected chi connectivity index (χ3v) is 29.5. The first-order chi connectivity index (χ1) is 67.8. The molecule has 34 nitrogen and oxygen atoms in total. The van der Waals surface area contributed by atoms with Gasteiger partial charge in [0, 0.05) is 97.7 Å². The number of aromatic amines is 2. The Labute approximate surface area is 838 Å². The van der Waals surface area contributed by atoms with E-state index < -0.39 is 33.7 Å². The number of primary sulfonamides is 1. The number of benzene rings is 10. The number of hydrogen-bond acceptors (Lipinski definition) is 29. The summed E-state index contributed by atoms with van der Waals surface area (Å²) in [4.78, 5) is 100.0. The fourth-order valence-electron chi connectivity index (χ4n) is 16.8. The van der Waals surface area contributed by atoms with Crippen LogP contribution in [0.3, 0.4) is 0 Å². The molecule has 11 heterocycles. The van der Waals surface area contributed by atoms with E-state index in [2.05, 4.69) is 159 Å². The Morgan fingerprint density at radius 1 is 0.423 bits per heavy atom. The zero-order valence-corrected chi connectivity index (χ0v) is 86.0. The number of likely N-dealkylation sites (N-methyl/N-ethyl adjacent to an activating group) is 1. The van der Waals surface area contributed by atoms with Gasteiger partial charge in [0.25, 0.3) is 0 Å². The molecule has 142 heavy (non-hydrogen) atoms. The second-order valence-electron chi connectivity index (χ2n) is 37.0. The van der Waals surface area contributed by atoms with Crippen LogP contribution in [0.15, 0.2) is 175 Å². The Morgan fingerprint density at radius 2 is 0.824 bits per heavy atom. The van der Waals surface area contributed by atoms with E-state index >= 15 is 0 Å². The van der Waals surface area contributed by atoms with Crippen molar-refractivity contribution in [1.29, 1.82) is 0 Å². The van der Waals surface area contributed by atoms with E-state index in [1.54, 1.807) is 101 Å². The molecule has 0 atom stereocenters. The number of rotatable bonds is 26. The smallest absolute Gasteiger partial charge is 0.248 e. The number of anilines is 11. The number of primary amides is 4. The SMILES string of the molecule is CC(C)Cc1ccc(C(N)=O)cc1Nc1nc2c(ccc3[nH]c(N4CCN(C)CC4)nc32)s1.CC(C)Cc1ccc(C(N)=O)cc1Nc1nc2c(ccc3[nH]cnc32)s1.CC(C)Cc1ccc(C(N)=O)cc1Nc1nc2c(ccc3c2cnn3C)s1.CC(C)Cc1ccc(S(N)(=O)=O)cc1Nc1nc2c(ccc3c2ncn3C)s1.Cc1nc2c3nc(Nc4cc(C(N)=O)ccc4OC(C)C)sc3ccc2n1C. The van der Waals surface area contributed by atoms with Crippen LogP contribution in [0, 0.1) is 30.6 Å². The average Bonchev–Trinajstić information content (AvgIpc) is 1.62. The minimum atomic E-state index is -3.78. The molecule has 10 aromatic carbocycles. The summed E-state index contributed by atoms with van der Waals surface area (Å²) >= 11 is 7.75. The van der Waals surface area contributed by atoms with Crippen molar-refractivity contribution in [3.05, 3.63) is 221 Å². The van der Waals surface area contributed by atoms with Crippen molar-refractivity contribution in [2.24, 2.45) is 72.9 Å². The van der Waals surface area contributed by atoms with Gasteiger partial charge in [-0.2, -0.15) is 5.10 Å². The number of carbonyl (C=O) groups is 4. The number of imidazole rings is 4. The number of nitrogens with two attached hydrogens (primary N) is 5. The number of carbonyl (C=O) groups excluding carboxylic acids is 4. The number of H-pyrrole nitrogens is 2. The molecule has 0 aliphatic carbocycles. The molecule has 0 radical (unpaired) electrons. The lowest BCUT2D eigenvalue weighted by Gasteiger charge is -2.32. The van der Waals surface area contributed by atoms with Crippen LogP contribution < -0.4 is 64.3 Å². The van der Waals surface area contributed by atoms with Crippen molar-refractivity contribution >= 4 is 256 Å². The van der Waals surface area contributed by atoms with Gasteiger partial charge in [-0.3, -0.25) is 23.9 Å². The number of ether oxygens (including phenoxy) is 1. The number of aryl methyl sites for hydroxylation is 4. The van der Waals surface area contributed by atoms with Crippen LogP contribution in [0.4, 0.5) is 60.0 Å². The molecule has 21 rings (SSSR count). The summed E-state index contributed by atoms with van der Waals surface area (Å²) in [6.45, 7) is 27.1. The molecule has 0 saturated carbocycles. The molecule has 40 heteroatoms. The van der Waals surface area contributed by atoms with Crippen molar-refractivity contribution in [3.63, 3.8) is 0 Å². The lowest BCUT2D eigenvalue weighted by atomic mass is 9.99. The summed E-state index contributed by atoms with van der Waals surface area (Å²) in [6, 6.07) is 47.2. The Morgan fingerprint density at radius 3 is 1.30 bits per heavy atom. The highest BCUT2D eigenvalue weighted by atomic mass is 32.2. The number of nitrogens with one attached hydrogen (secondary N) is 7. The van der Waals surface area contributed by atoms with Gasteiger partial charge < -0.3 is 83.2 Å². The van der Waals surface area contributed by atoms with Crippen molar-refractivity contribution in [2.75, 3.05) is 64.7 Å². The molecular weight excluding hydrogens is 1910 g/mol. The Bertz CT molecular complexity index is 8310. The zero-order valence-electron chi connectivity index (χ0n) is 81.1. The highest BCUT2D eigenvalue weighted by molar-refractivity contribution is 7.89. The summed E-state index contributed by atoms with van der Waals surface area (Å²) in [5.74, 6) is 2.57. The van der Waals surface area contributed by atoms with Crippen LogP contribution >= 0.6 is 56.7 Å². The maximum absolute atomic E-state index is 11.8. The minimum absolute atomic E-state index is 0.00790. The van der Waals surface area contributed by atoms with E-state index in [0.29, 0.717) is 73.3 Å². The van der Waals surface area contributed by atoms with Gasteiger partial charge in [-0.05, 0) is 227 Å². The van der Waals surface area contributed by atoms with E-state index in [0.717, 1.165) is 224 Å². The number of thiazole rings is 5. The van der Waals surface area contributed by atoms with E-state index in [4.69, 9.17) is 62.7 Å². The van der Waals surface area contributed by atoms with Gasteiger partial charge >= 0.3 is 0 Å². The number of sulfonamides is 1. The number of fused-ring (bicyclic) bond motifs is 15. The van der Waals surface area contributed by atoms with Crippen molar-refractivity contribution in [3.8, 4) is 5.75 Å². The molecule has 1 fully saturated rings. The minimum Gasteiger partial charge on any atom is -0.489 e. The van der Waals surface area contributed by atoms with Gasteiger partial charge in [-0.25, -0.2) is 58.4 Å². The summed E-state index contributed by atoms with van der Waals surface area (Å²) in [5, 5.41) is 31.2. The van der Waals surface area contributed by atoms with E-state index in [1.165, 1.54) is 22.7 Å². The Kier molecular flexibility index (Phi) is 29.0. The molecule has 1 aliphatic heterocycles. The third kappa shape index (κ3) is 22.2. The van der Waals surface area contributed by atoms with Gasteiger partial charge in [-0.1, -0.05) is 136 Å². The lowest BCUT2D eigenvalue weighted by molar-refractivity contribution is 0.0992. The molecule has 732 valence electrons. The Hall–Kier alpha value is -14.7. The predicted octanol–water partition coefficient (Wildman–Crippen LogP) is 20.3. The van der Waals surface area contributed by atoms with Gasteiger partial charge in [0.05, 0.1) is 92.1 Å². The van der Waals surface area contributed by atoms with Crippen LogP contribution in [0.2, 0.25) is 0 Å². The van der Waals surface area contributed by atoms with Gasteiger partial charge in [-0.15, -0.1) is 0 Å². The van der Waals surface area contributed by atoms with E-state index in [9.17, 15) is 27.6 Å². The fourth-order valence-corrected chi connectivity index (χ4v) is 21.8. The molecule has 0 unspecified atom stereocenters. The lowest BCUT2D eigenvalue weighted by Crippen LogP contribution is -2.44. The quantitative estimate of drug-likeness (QED) is 0.0239. The van der Waals surface area contributed by atoms with E-state index in [-0.39, 0.29) is 11.0 Å². The highest BCUT2D eigenvalue weighted by Gasteiger charge is 2.25. The monoisotopic (exact) mass is 2020 g/mol. The molecule has 17 N–H and O–H groups in total. The standard InChI is InChI=1S/C24H29N7OS.C20H21N5O2S.C20H21N5OS.C19H21N5O2S2.C19H19N5OS/c1-14(2)12-15-4-5-16(22(25)32)13-18(15)27-24-29-21-19(33-24)7-6-17-20(21)28-23(26-17)31-10-8-30(3)9-11-31;1-10(2)27-15-7-5-12(19(21)26)9-13(15)23-20-24-18-16(28-20)8-6-14-17(18)22-11(3)25(14)4;1-11(2)8-12-4-5-13(19(21)26)9-15(12)23-20-24-18-14-10-22-25(3)16(14)6-7-17(18)27-20;1-11(2)8-12-4-5-13(28(20,25)26)9-14(12)22-19-23-18-16(27-19)7-6-15-17(18)21-10-24(15)3;1-10(2)7-11-3-4-12(18(20)25)8-14(11)23-19-24-17-15(26-19)6-5-13-16(17)22-9-21-13/h4-7,13-14H,8-12H2,1-3H3,(H2,25,32)(H,26,28)(H,27,29);5-10H,1-4H3,(H2,21,26)(H,23,24);4-7,9-11H,8H2,1-3H3,(H2,21,26)(H,23,24);4-7,9-11H,8H2,1-3H3,(H,22,23)(H2,20,25,26);3-6,8-10H,7H2,1-2H3,(H2,20,25)(H,21,22)(H,23,24). The summed E-state index contributed by atoms with van der Waals surface area (Å²) in [6.07, 6.45) is 8.79. The van der Waals surface area contributed by atoms with Crippen molar-refractivity contribution < 1.29 is 32.3 Å². The molecule has 1 aliphatic rings. The second kappa shape index (κ2) is 41.6. The van der Waals surface area contributed by atoms with Gasteiger partial charge in [0.15, 0.2) is 25.7 Å². The van der Waals surface area contributed by atoms with Crippen molar-refractivity contribution in [1.82, 2.24) is 78.6 Å². The maximum Gasteiger partial charge on any atom is 0.248 e. The normalized spacial score (nSPS) is 12.5. The molecule has 20 aromatic rings. The van der Waals surface area contributed by atoms with Gasteiger partial charge in [0.1, 0.15) is 55.7 Å². The van der Waals surface area contributed by atoms with Crippen LogP contribution in [-0.2, 0) is 56.8 Å². The number of hydrogen-bond donors (Lipinski definition) is 12. The molecule has 0 spiro atoms.